The molecule has 1 saturated heterocycles. The largest absolute Gasteiger partial charge is 0.378 e. The van der Waals surface area contributed by atoms with Crippen LogP contribution >= 0.6 is 0 Å². The molecule has 9 nitrogen and oxygen atoms in total. The highest BCUT2D eigenvalue weighted by Crippen LogP contribution is 2.20. The average Bonchev–Trinajstić information content (AvgIpc) is 3.07. The van der Waals surface area contributed by atoms with Crippen LogP contribution in [0.25, 0.3) is 5.65 Å². The molecule has 3 N–H and O–H groups in total. The van der Waals surface area contributed by atoms with Crippen molar-refractivity contribution in [3.8, 4) is 0 Å². The number of amides is 1. The van der Waals surface area contributed by atoms with Crippen molar-refractivity contribution in [3.63, 3.8) is 0 Å². The van der Waals surface area contributed by atoms with Gasteiger partial charge < -0.3 is 15.6 Å². The number of nitrogens with zero attached hydrogens (tertiary/aromatic N) is 4. The van der Waals surface area contributed by atoms with Gasteiger partial charge in [0.1, 0.15) is 11.3 Å². The van der Waals surface area contributed by atoms with Crippen molar-refractivity contribution < 1.29 is 4.79 Å². The van der Waals surface area contributed by atoms with Crippen LogP contribution in [0.3, 0.4) is 0 Å². The Morgan fingerprint density at radius 1 is 1.34 bits per heavy atom. The number of anilines is 1. The van der Waals surface area contributed by atoms with E-state index in [1.54, 1.807) is 23.8 Å². The minimum atomic E-state index is -0.186. The first-order valence-electron chi connectivity index (χ1n) is 9.76. The third-order valence-electron chi connectivity index (χ3n) is 5.23. The Labute approximate surface area is 168 Å². The number of hydrogen-bond donors (Lipinski definition) is 3. The fraction of sp³-hybridized carbons (Fsp3) is 0.400. The van der Waals surface area contributed by atoms with Crippen molar-refractivity contribution >= 4 is 17.2 Å². The smallest absolute Gasteiger partial charge is 0.269 e. The van der Waals surface area contributed by atoms with E-state index in [1.807, 2.05) is 26.0 Å². The van der Waals surface area contributed by atoms with E-state index in [0.717, 1.165) is 47.9 Å². The second-order valence-corrected chi connectivity index (χ2v) is 7.37. The molecule has 0 aliphatic carbocycles. The molecule has 3 aromatic heterocycles. The molecule has 4 heterocycles. The number of H-pyrrole nitrogens is 1. The fourth-order valence-electron chi connectivity index (χ4n) is 3.58. The van der Waals surface area contributed by atoms with Gasteiger partial charge >= 0.3 is 0 Å². The van der Waals surface area contributed by atoms with Gasteiger partial charge in [-0.1, -0.05) is 6.92 Å². The van der Waals surface area contributed by atoms with Gasteiger partial charge in [0.25, 0.3) is 11.5 Å². The summed E-state index contributed by atoms with van der Waals surface area (Å²) in [7, 11) is 1.60. The van der Waals surface area contributed by atoms with Gasteiger partial charge in [-0.15, -0.1) is 0 Å². The Morgan fingerprint density at radius 3 is 2.83 bits per heavy atom. The molecule has 4 rings (SSSR count). The summed E-state index contributed by atoms with van der Waals surface area (Å²) >= 11 is 0. The topological polar surface area (TPSA) is 107 Å². The van der Waals surface area contributed by atoms with Crippen LogP contribution in [0, 0.1) is 6.92 Å². The van der Waals surface area contributed by atoms with E-state index in [1.165, 1.54) is 0 Å². The minimum absolute atomic E-state index is 0.0499. The number of pyridine rings is 1. The highest BCUT2D eigenvalue weighted by molar-refractivity contribution is 5.92. The summed E-state index contributed by atoms with van der Waals surface area (Å²) in [5.41, 5.74) is 4.50. The molecule has 1 aliphatic heterocycles. The standard InChI is InChI=1S/C20H25N7O2/c1-4-13-8-27-18(24-19(13)28)7-14(25-27)9-26-10-15(11-26)23-16-5-6-17(20(29)21-3)22-12(16)2/h5-8,15,23H,4,9-11H2,1-3H3,(H,21,29)(H,24,28). The Kier molecular flexibility index (Phi) is 5.06. The quantitative estimate of drug-likeness (QED) is 0.574. The van der Waals surface area contributed by atoms with E-state index in [-0.39, 0.29) is 11.5 Å². The second-order valence-electron chi connectivity index (χ2n) is 7.37. The fourth-order valence-corrected chi connectivity index (χ4v) is 3.58. The minimum Gasteiger partial charge on any atom is -0.378 e. The zero-order chi connectivity index (χ0) is 20.5. The number of carbonyl (C=O) groups is 1. The molecule has 9 heteroatoms. The summed E-state index contributed by atoms with van der Waals surface area (Å²) in [5, 5.41) is 10.6. The van der Waals surface area contributed by atoms with Crippen LogP contribution < -0.4 is 16.2 Å². The van der Waals surface area contributed by atoms with E-state index in [9.17, 15) is 9.59 Å². The predicted octanol–water partition coefficient (Wildman–Crippen LogP) is 0.944. The number of fused-ring (bicyclic) bond motifs is 1. The van der Waals surface area contributed by atoms with Gasteiger partial charge in [0.05, 0.1) is 23.1 Å². The number of aromatic nitrogens is 4. The molecule has 1 aliphatic rings. The SMILES string of the molecule is CCc1cn2nc(CN3CC(Nc4ccc(C(=O)NC)nc4C)C3)cc2[nH]c1=O. The molecule has 0 bridgehead atoms. The normalized spacial score (nSPS) is 14.7. The number of hydrogen-bond acceptors (Lipinski definition) is 6. The Morgan fingerprint density at radius 2 is 2.14 bits per heavy atom. The first-order chi connectivity index (χ1) is 14.0. The lowest BCUT2D eigenvalue weighted by atomic mass is 10.1. The van der Waals surface area contributed by atoms with Crippen LogP contribution in [0.2, 0.25) is 0 Å². The zero-order valence-electron chi connectivity index (χ0n) is 16.8. The second kappa shape index (κ2) is 7.67. The van der Waals surface area contributed by atoms with Gasteiger partial charge in [-0.2, -0.15) is 5.10 Å². The van der Waals surface area contributed by atoms with Crippen LogP contribution in [0.15, 0.2) is 29.2 Å². The number of nitrogens with one attached hydrogen (secondary N) is 3. The van der Waals surface area contributed by atoms with Crippen molar-refractivity contribution in [3.05, 3.63) is 57.4 Å². The summed E-state index contributed by atoms with van der Waals surface area (Å²) in [4.78, 5) is 33.1. The van der Waals surface area contributed by atoms with Gasteiger partial charge in [0.2, 0.25) is 0 Å². The van der Waals surface area contributed by atoms with Gasteiger partial charge in [-0.3, -0.25) is 14.5 Å². The number of carbonyl (C=O) groups excluding carboxylic acids is 1. The third kappa shape index (κ3) is 3.86. The zero-order valence-corrected chi connectivity index (χ0v) is 16.8. The van der Waals surface area contributed by atoms with Crippen molar-refractivity contribution in [1.29, 1.82) is 0 Å². The van der Waals surface area contributed by atoms with E-state index in [0.29, 0.717) is 18.2 Å². The molecule has 0 radical (unpaired) electrons. The van der Waals surface area contributed by atoms with Crippen molar-refractivity contribution in [1.82, 2.24) is 29.8 Å². The molecule has 1 amide bonds. The summed E-state index contributed by atoms with van der Waals surface area (Å²) in [6.45, 7) is 6.36. The highest BCUT2D eigenvalue weighted by Gasteiger charge is 2.27. The highest BCUT2D eigenvalue weighted by atomic mass is 16.1. The van der Waals surface area contributed by atoms with E-state index >= 15 is 0 Å². The molecular weight excluding hydrogens is 370 g/mol. The predicted molar refractivity (Wildman–Crippen MR) is 110 cm³/mol. The Hall–Kier alpha value is -3.20. The third-order valence-corrected chi connectivity index (χ3v) is 5.23. The Bertz CT molecular complexity index is 1110. The summed E-state index contributed by atoms with van der Waals surface area (Å²) in [6.07, 6.45) is 2.48. The lowest BCUT2D eigenvalue weighted by Gasteiger charge is -2.39. The van der Waals surface area contributed by atoms with E-state index in [2.05, 4.69) is 30.6 Å². The number of aromatic amines is 1. The van der Waals surface area contributed by atoms with E-state index < -0.39 is 0 Å². The monoisotopic (exact) mass is 395 g/mol. The van der Waals surface area contributed by atoms with E-state index in [4.69, 9.17) is 0 Å². The molecule has 1 fully saturated rings. The van der Waals surface area contributed by atoms with Gasteiger partial charge in [-0.25, -0.2) is 9.50 Å². The lowest BCUT2D eigenvalue weighted by Crippen LogP contribution is -2.54. The first kappa shape index (κ1) is 19.1. The maximum absolute atomic E-state index is 11.9. The average molecular weight is 395 g/mol. The van der Waals surface area contributed by atoms with Crippen molar-refractivity contribution in [2.75, 3.05) is 25.5 Å². The molecule has 0 aromatic carbocycles. The summed E-state index contributed by atoms with van der Waals surface area (Å²) < 4.78 is 1.74. The van der Waals surface area contributed by atoms with Crippen LogP contribution in [-0.4, -0.2) is 56.6 Å². The van der Waals surface area contributed by atoms with Crippen LogP contribution in [0.1, 0.15) is 34.4 Å². The van der Waals surface area contributed by atoms with Crippen molar-refractivity contribution in [2.24, 2.45) is 0 Å². The van der Waals surface area contributed by atoms with Gasteiger partial charge in [0, 0.05) is 44.5 Å². The summed E-state index contributed by atoms with van der Waals surface area (Å²) in [6, 6.07) is 5.88. The van der Waals surface area contributed by atoms with Crippen molar-refractivity contribution in [2.45, 2.75) is 32.9 Å². The molecule has 0 saturated carbocycles. The Balaban J connectivity index is 1.35. The van der Waals surface area contributed by atoms with Crippen LogP contribution in [-0.2, 0) is 13.0 Å². The van der Waals surface area contributed by atoms with Gasteiger partial charge in [-0.05, 0) is 25.5 Å². The molecule has 0 spiro atoms. The number of aryl methyl sites for hydroxylation is 2. The molecule has 0 atom stereocenters. The molecule has 29 heavy (non-hydrogen) atoms. The van der Waals surface area contributed by atoms with Crippen LogP contribution in [0.5, 0.6) is 0 Å². The number of rotatable bonds is 6. The molecule has 0 unspecified atom stereocenters. The van der Waals surface area contributed by atoms with Crippen LogP contribution in [0.4, 0.5) is 5.69 Å². The molecular formula is C20H25N7O2. The maximum atomic E-state index is 11.9. The molecule has 152 valence electrons. The molecule has 3 aromatic rings. The summed E-state index contributed by atoms with van der Waals surface area (Å²) in [5.74, 6) is -0.186. The van der Waals surface area contributed by atoms with Gasteiger partial charge in [0.15, 0.2) is 0 Å². The lowest BCUT2D eigenvalue weighted by molar-refractivity contribution is 0.0958. The maximum Gasteiger partial charge on any atom is 0.269 e. The first-order valence-corrected chi connectivity index (χ1v) is 9.76. The number of likely N-dealkylation sites (tertiary alicyclic amines) is 1.